The third-order valence-electron chi connectivity index (χ3n) is 2.87. The smallest absolute Gasteiger partial charge is 0.436 e. The Labute approximate surface area is 162 Å². The van der Waals surface area contributed by atoms with Crippen LogP contribution in [0.2, 0.25) is 0 Å². The molecule has 3 rings (SSSR count). The normalized spacial score (nSPS) is 9.83. The molecule has 0 amide bonds. The Morgan fingerprint density at radius 3 is 2.21 bits per heavy atom. The molecule has 0 aliphatic carbocycles. The van der Waals surface area contributed by atoms with Crippen molar-refractivity contribution >= 4 is 38.4 Å². The second kappa shape index (κ2) is 9.94. The van der Waals surface area contributed by atoms with Crippen molar-refractivity contribution in [1.82, 2.24) is 0 Å². The molecule has 0 fully saturated rings. The Bertz CT molecular complexity index is 939. The van der Waals surface area contributed by atoms with Gasteiger partial charge in [0.15, 0.2) is 0 Å². The van der Waals surface area contributed by atoms with Gasteiger partial charge in [0.1, 0.15) is 0 Å². The van der Waals surface area contributed by atoms with Crippen LogP contribution in [0, 0.1) is 6.07 Å². The van der Waals surface area contributed by atoms with E-state index in [1.54, 1.807) is 0 Å². The van der Waals surface area contributed by atoms with E-state index >= 15 is 0 Å². The molecule has 3 aromatic carbocycles. The van der Waals surface area contributed by atoms with E-state index in [0.29, 0.717) is 5.69 Å². The van der Waals surface area contributed by atoms with Gasteiger partial charge in [-0.15, -0.1) is 42.3 Å². The maximum Gasteiger partial charge on any atom is 1.00 e. The SMILES string of the molecule is Nc1ccc(N=Nc2ccccc2)c2ccc[c-]c12.O=S(=O)=O.[Na+]. The average Bonchev–Trinajstić information content (AvgIpc) is 2.55. The first kappa shape index (κ1) is 20.0. The number of benzene rings is 3. The minimum Gasteiger partial charge on any atom is -0.436 e. The molecule has 116 valence electrons. The average molecular weight is 349 g/mol. The number of nitrogen functional groups attached to an aromatic ring is 1. The van der Waals surface area contributed by atoms with Crippen LogP contribution in [0.1, 0.15) is 0 Å². The van der Waals surface area contributed by atoms with Crippen molar-refractivity contribution in [2.75, 3.05) is 5.73 Å². The van der Waals surface area contributed by atoms with Crippen molar-refractivity contribution in [3.63, 3.8) is 0 Å². The van der Waals surface area contributed by atoms with Gasteiger partial charge in [-0.05, 0) is 17.8 Å². The molecule has 0 atom stereocenters. The molecule has 0 aromatic heterocycles. The monoisotopic (exact) mass is 349 g/mol. The van der Waals surface area contributed by atoms with Crippen LogP contribution in [0.25, 0.3) is 10.8 Å². The van der Waals surface area contributed by atoms with E-state index in [9.17, 15) is 0 Å². The molecule has 0 radical (unpaired) electrons. The Morgan fingerprint density at radius 1 is 0.875 bits per heavy atom. The number of nitrogens with zero attached hydrogens (tertiary/aromatic N) is 2. The number of fused-ring (bicyclic) bond motifs is 1. The molecule has 6 nitrogen and oxygen atoms in total. The zero-order valence-electron chi connectivity index (χ0n) is 12.9. The van der Waals surface area contributed by atoms with E-state index < -0.39 is 10.6 Å². The number of azo groups is 1. The Morgan fingerprint density at radius 2 is 1.54 bits per heavy atom. The van der Waals surface area contributed by atoms with Crippen LogP contribution in [-0.2, 0) is 10.6 Å². The first-order valence-electron chi connectivity index (χ1n) is 6.50. The fourth-order valence-electron chi connectivity index (χ4n) is 1.92. The van der Waals surface area contributed by atoms with E-state index in [4.69, 9.17) is 18.4 Å². The Hall–Kier alpha value is -2.06. The Kier molecular flexibility index (Phi) is 8.28. The molecule has 3 aromatic rings. The van der Waals surface area contributed by atoms with Crippen LogP contribution in [-0.4, -0.2) is 12.6 Å². The van der Waals surface area contributed by atoms with Crippen molar-refractivity contribution in [3.8, 4) is 0 Å². The van der Waals surface area contributed by atoms with Crippen LogP contribution >= 0.6 is 0 Å². The van der Waals surface area contributed by atoms with Gasteiger partial charge < -0.3 is 5.73 Å². The topological polar surface area (TPSA) is 102 Å². The number of anilines is 1. The molecule has 0 aliphatic heterocycles. The molecule has 0 bridgehead atoms. The summed E-state index contributed by atoms with van der Waals surface area (Å²) < 4.78 is 25.3. The van der Waals surface area contributed by atoms with E-state index in [1.165, 1.54) is 0 Å². The summed E-state index contributed by atoms with van der Waals surface area (Å²) >= 11 is 0. The number of nitrogens with two attached hydrogens (primary N) is 1. The van der Waals surface area contributed by atoms with Crippen molar-refractivity contribution in [1.29, 1.82) is 0 Å². The fraction of sp³-hybridized carbons (Fsp3) is 0. The molecular formula is C16H12N3NaO3S. The molecule has 0 aliphatic rings. The van der Waals surface area contributed by atoms with Crippen LogP contribution in [0.5, 0.6) is 0 Å². The Balaban J connectivity index is 0.000000522. The minimum absolute atomic E-state index is 0. The summed E-state index contributed by atoms with van der Waals surface area (Å²) in [6.07, 6.45) is 0. The summed E-state index contributed by atoms with van der Waals surface area (Å²) in [6, 6.07) is 22.2. The van der Waals surface area contributed by atoms with Gasteiger partial charge in [0.05, 0.1) is 11.4 Å². The van der Waals surface area contributed by atoms with Crippen molar-refractivity contribution in [3.05, 3.63) is 66.7 Å². The molecule has 2 N–H and O–H groups in total. The molecule has 0 saturated heterocycles. The van der Waals surface area contributed by atoms with Gasteiger partial charge in [-0.3, -0.25) is 0 Å². The van der Waals surface area contributed by atoms with Crippen molar-refractivity contribution in [2.45, 2.75) is 0 Å². The predicted octanol–water partition coefficient (Wildman–Crippen LogP) is 0.637. The predicted molar refractivity (Wildman–Crippen MR) is 87.5 cm³/mol. The summed E-state index contributed by atoms with van der Waals surface area (Å²) in [4.78, 5) is 0. The van der Waals surface area contributed by atoms with Gasteiger partial charge in [-0.1, -0.05) is 35.7 Å². The van der Waals surface area contributed by atoms with Gasteiger partial charge >= 0.3 is 40.2 Å². The molecule has 8 heteroatoms. The van der Waals surface area contributed by atoms with E-state index in [-0.39, 0.29) is 29.6 Å². The van der Waals surface area contributed by atoms with Crippen LogP contribution in [0.15, 0.2) is 70.9 Å². The second-order valence-electron chi connectivity index (χ2n) is 4.37. The third-order valence-corrected chi connectivity index (χ3v) is 2.87. The maximum absolute atomic E-state index is 8.44. The molecular weight excluding hydrogens is 337 g/mol. The molecule has 0 unspecified atom stereocenters. The van der Waals surface area contributed by atoms with E-state index in [1.807, 2.05) is 60.7 Å². The standard InChI is InChI=1S/C16H12N3.Na.O3S/c17-15-10-11-16(14-9-5-4-8-13(14)15)19-18-12-6-2-1-3-7-12;;1-4(2)3/h1-7,9-11H,17H2;;/q-1;+1;. The van der Waals surface area contributed by atoms with Crippen LogP contribution < -0.4 is 35.3 Å². The largest absolute Gasteiger partial charge is 1.00 e. The zero-order chi connectivity index (χ0) is 16.7. The summed E-state index contributed by atoms with van der Waals surface area (Å²) in [5.74, 6) is 0. The second-order valence-corrected chi connectivity index (χ2v) is 4.78. The molecule has 0 saturated carbocycles. The van der Waals surface area contributed by atoms with E-state index in [0.717, 1.165) is 22.1 Å². The van der Waals surface area contributed by atoms with Gasteiger partial charge in [0.2, 0.25) is 0 Å². The van der Waals surface area contributed by atoms with Gasteiger partial charge in [-0.2, -0.15) is 10.2 Å². The number of hydrogen-bond acceptors (Lipinski definition) is 6. The third kappa shape index (κ3) is 5.86. The molecule has 24 heavy (non-hydrogen) atoms. The first-order chi connectivity index (χ1) is 11.1. The van der Waals surface area contributed by atoms with Gasteiger partial charge in [0.25, 0.3) is 0 Å². The molecule has 0 spiro atoms. The first-order valence-corrected chi connectivity index (χ1v) is 7.50. The van der Waals surface area contributed by atoms with Crippen LogP contribution in [0.3, 0.4) is 0 Å². The zero-order valence-corrected chi connectivity index (χ0v) is 15.7. The fourth-order valence-corrected chi connectivity index (χ4v) is 1.92. The summed E-state index contributed by atoms with van der Waals surface area (Å²) in [5.41, 5.74) is 8.25. The van der Waals surface area contributed by atoms with Crippen molar-refractivity contribution < 1.29 is 42.2 Å². The van der Waals surface area contributed by atoms with Crippen LogP contribution in [0.4, 0.5) is 17.1 Å². The summed E-state index contributed by atoms with van der Waals surface area (Å²) in [6.45, 7) is 0. The number of rotatable bonds is 2. The maximum atomic E-state index is 8.44. The number of hydrogen-bond donors (Lipinski definition) is 1. The minimum atomic E-state index is -3.11. The molecule has 0 heterocycles. The van der Waals surface area contributed by atoms with Gasteiger partial charge in [-0.25, -0.2) is 0 Å². The van der Waals surface area contributed by atoms with Crippen molar-refractivity contribution in [2.24, 2.45) is 10.2 Å². The van der Waals surface area contributed by atoms with E-state index in [2.05, 4.69) is 16.3 Å². The summed E-state index contributed by atoms with van der Waals surface area (Å²) in [7, 11) is -3.11. The quantitative estimate of drug-likeness (QED) is 0.317. The summed E-state index contributed by atoms with van der Waals surface area (Å²) in [5, 5.41) is 10.4. The van der Waals surface area contributed by atoms with Gasteiger partial charge in [0, 0.05) is 0 Å².